The lowest BCUT2D eigenvalue weighted by molar-refractivity contribution is -0.126. The Kier molecular flexibility index (Phi) is 6.49. The molecule has 20 heavy (non-hydrogen) atoms. The molecule has 1 aliphatic heterocycles. The number of hydrogen-bond acceptors (Lipinski definition) is 4. The highest BCUT2D eigenvalue weighted by atomic mass is 79.9. The molecule has 0 aliphatic carbocycles. The first kappa shape index (κ1) is 16.4. The molecule has 5 heteroatoms. The third-order valence-corrected chi connectivity index (χ3v) is 5.60. The number of ether oxygens (including phenoxy) is 2. The van der Waals surface area contributed by atoms with E-state index in [1.165, 1.54) is 9.35 Å². The van der Waals surface area contributed by atoms with Crippen LogP contribution in [0.4, 0.5) is 0 Å². The summed E-state index contributed by atoms with van der Waals surface area (Å²) < 4.78 is 12.9. The van der Waals surface area contributed by atoms with Gasteiger partial charge in [-0.15, -0.1) is 11.3 Å². The third kappa shape index (κ3) is 4.04. The van der Waals surface area contributed by atoms with Gasteiger partial charge in [0.15, 0.2) is 0 Å². The zero-order valence-electron chi connectivity index (χ0n) is 12.3. The van der Waals surface area contributed by atoms with Crippen LogP contribution in [0, 0.1) is 0 Å². The molecular formula is C15H24BrNO2S. The fourth-order valence-corrected chi connectivity index (χ4v) is 4.45. The van der Waals surface area contributed by atoms with Crippen molar-refractivity contribution in [1.29, 1.82) is 0 Å². The van der Waals surface area contributed by atoms with Crippen LogP contribution in [0.5, 0.6) is 0 Å². The van der Waals surface area contributed by atoms with E-state index in [1.807, 2.05) is 11.3 Å². The van der Waals surface area contributed by atoms with Crippen molar-refractivity contribution in [3.05, 3.63) is 20.8 Å². The van der Waals surface area contributed by atoms with Crippen molar-refractivity contribution in [2.24, 2.45) is 0 Å². The normalized spacial score (nSPS) is 19.9. The van der Waals surface area contributed by atoms with Gasteiger partial charge in [-0.05, 0) is 41.9 Å². The first-order chi connectivity index (χ1) is 9.70. The maximum atomic E-state index is 6.21. The van der Waals surface area contributed by atoms with E-state index in [-0.39, 0.29) is 5.60 Å². The highest BCUT2D eigenvalue weighted by Gasteiger charge is 2.40. The highest BCUT2D eigenvalue weighted by Crippen LogP contribution is 2.32. The fourth-order valence-electron chi connectivity index (χ4n) is 2.95. The molecule has 2 heterocycles. The van der Waals surface area contributed by atoms with Crippen molar-refractivity contribution in [3.63, 3.8) is 0 Å². The number of likely N-dealkylation sites (N-methyl/N-ethyl adjacent to an activating group) is 1. The minimum atomic E-state index is -0.0839. The van der Waals surface area contributed by atoms with Gasteiger partial charge in [0.05, 0.1) is 5.60 Å². The van der Waals surface area contributed by atoms with Crippen molar-refractivity contribution in [2.75, 3.05) is 26.4 Å². The Morgan fingerprint density at radius 3 is 2.75 bits per heavy atom. The number of halogens is 1. The van der Waals surface area contributed by atoms with Gasteiger partial charge in [0.2, 0.25) is 0 Å². The summed E-state index contributed by atoms with van der Waals surface area (Å²) >= 11 is 5.35. The van der Waals surface area contributed by atoms with Crippen LogP contribution in [-0.2, 0) is 15.9 Å². The number of rotatable bonds is 7. The summed E-state index contributed by atoms with van der Waals surface area (Å²) in [4.78, 5) is 1.40. The summed E-state index contributed by atoms with van der Waals surface area (Å²) in [6.07, 6.45) is 2.97. The van der Waals surface area contributed by atoms with Crippen LogP contribution in [0.1, 0.15) is 31.6 Å². The van der Waals surface area contributed by atoms with Crippen LogP contribution in [0.2, 0.25) is 0 Å². The Balaban J connectivity index is 2.14. The standard InChI is InChI=1S/C15H24BrNO2S/c1-3-17-14(10-13-9-12(16)11-20-13)15(19-4-2)5-7-18-8-6-15/h9,11,14,17H,3-8,10H2,1-2H3. The molecule has 1 saturated heterocycles. The van der Waals surface area contributed by atoms with Crippen LogP contribution < -0.4 is 5.32 Å². The Morgan fingerprint density at radius 1 is 1.45 bits per heavy atom. The van der Waals surface area contributed by atoms with Crippen LogP contribution in [0.25, 0.3) is 0 Å². The average Bonchev–Trinajstić information content (AvgIpc) is 2.85. The van der Waals surface area contributed by atoms with Crippen molar-refractivity contribution >= 4 is 27.3 Å². The molecular weight excluding hydrogens is 338 g/mol. The third-order valence-electron chi connectivity index (χ3n) is 3.88. The maximum absolute atomic E-state index is 6.21. The molecule has 1 unspecified atom stereocenters. The molecule has 0 radical (unpaired) electrons. The Bertz CT molecular complexity index is 399. The summed E-state index contributed by atoms with van der Waals surface area (Å²) in [6.45, 7) is 7.58. The van der Waals surface area contributed by atoms with Crippen LogP contribution in [0.15, 0.2) is 15.9 Å². The van der Waals surface area contributed by atoms with E-state index in [0.717, 1.165) is 45.6 Å². The van der Waals surface area contributed by atoms with Crippen LogP contribution in [-0.4, -0.2) is 38.0 Å². The van der Waals surface area contributed by atoms with Gasteiger partial charge in [-0.1, -0.05) is 6.92 Å². The zero-order chi connectivity index (χ0) is 14.4. The van der Waals surface area contributed by atoms with Gasteiger partial charge in [0.1, 0.15) is 0 Å². The van der Waals surface area contributed by atoms with E-state index in [0.29, 0.717) is 6.04 Å². The monoisotopic (exact) mass is 361 g/mol. The molecule has 2 rings (SSSR count). The molecule has 1 atom stereocenters. The van der Waals surface area contributed by atoms with Gasteiger partial charge in [0, 0.05) is 53.4 Å². The van der Waals surface area contributed by atoms with E-state index in [9.17, 15) is 0 Å². The van der Waals surface area contributed by atoms with Crippen LogP contribution >= 0.6 is 27.3 Å². The van der Waals surface area contributed by atoms with E-state index >= 15 is 0 Å². The molecule has 1 fully saturated rings. The van der Waals surface area contributed by atoms with Crippen molar-refractivity contribution < 1.29 is 9.47 Å². The second kappa shape index (κ2) is 7.90. The second-order valence-corrected chi connectivity index (χ2v) is 7.07. The summed E-state index contributed by atoms with van der Waals surface area (Å²) in [6, 6.07) is 2.57. The highest BCUT2D eigenvalue weighted by molar-refractivity contribution is 9.10. The molecule has 3 nitrogen and oxygen atoms in total. The Morgan fingerprint density at radius 2 is 2.20 bits per heavy atom. The SMILES string of the molecule is CCNC(Cc1cc(Br)cs1)C1(OCC)CCOCC1. The van der Waals surface area contributed by atoms with Crippen molar-refractivity contribution in [2.45, 2.75) is 44.8 Å². The minimum absolute atomic E-state index is 0.0839. The zero-order valence-corrected chi connectivity index (χ0v) is 14.7. The van der Waals surface area contributed by atoms with Gasteiger partial charge in [0.25, 0.3) is 0 Å². The Hall–Kier alpha value is 0.0600. The maximum Gasteiger partial charge on any atom is 0.0881 e. The predicted octanol–water partition coefficient (Wildman–Crippen LogP) is 3.62. The topological polar surface area (TPSA) is 30.5 Å². The molecule has 0 spiro atoms. The van der Waals surface area contributed by atoms with Gasteiger partial charge < -0.3 is 14.8 Å². The molecule has 1 aromatic rings. The average molecular weight is 362 g/mol. The smallest absolute Gasteiger partial charge is 0.0881 e. The summed E-state index contributed by atoms with van der Waals surface area (Å²) in [7, 11) is 0. The molecule has 0 amide bonds. The number of hydrogen-bond donors (Lipinski definition) is 1. The Labute approximate surface area is 134 Å². The van der Waals surface area contributed by atoms with E-state index in [2.05, 4.69) is 46.5 Å². The molecule has 0 aromatic carbocycles. The second-order valence-electron chi connectivity index (χ2n) is 5.16. The molecule has 1 aromatic heterocycles. The lowest BCUT2D eigenvalue weighted by Gasteiger charge is -2.43. The summed E-state index contributed by atoms with van der Waals surface area (Å²) in [5.41, 5.74) is -0.0839. The molecule has 1 N–H and O–H groups in total. The summed E-state index contributed by atoms with van der Waals surface area (Å²) in [5.74, 6) is 0. The summed E-state index contributed by atoms with van der Waals surface area (Å²) in [5, 5.41) is 5.80. The first-order valence-electron chi connectivity index (χ1n) is 7.38. The number of thiophene rings is 1. The van der Waals surface area contributed by atoms with Gasteiger partial charge in [-0.3, -0.25) is 0 Å². The van der Waals surface area contributed by atoms with Gasteiger partial charge >= 0.3 is 0 Å². The number of nitrogens with one attached hydrogen (secondary N) is 1. The van der Waals surface area contributed by atoms with E-state index in [1.54, 1.807) is 0 Å². The predicted molar refractivity (Wildman–Crippen MR) is 87.6 cm³/mol. The van der Waals surface area contributed by atoms with Gasteiger partial charge in [-0.25, -0.2) is 0 Å². The minimum Gasteiger partial charge on any atom is -0.381 e. The molecule has 114 valence electrons. The van der Waals surface area contributed by atoms with E-state index in [4.69, 9.17) is 9.47 Å². The van der Waals surface area contributed by atoms with E-state index < -0.39 is 0 Å². The van der Waals surface area contributed by atoms with Crippen LogP contribution in [0.3, 0.4) is 0 Å². The quantitative estimate of drug-likeness (QED) is 0.804. The van der Waals surface area contributed by atoms with Crippen molar-refractivity contribution in [3.8, 4) is 0 Å². The fraction of sp³-hybridized carbons (Fsp3) is 0.733. The lowest BCUT2D eigenvalue weighted by atomic mass is 9.83. The molecule has 0 saturated carbocycles. The van der Waals surface area contributed by atoms with Gasteiger partial charge in [-0.2, -0.15) is 0 Å². The first-order valence-corrected chi connectivity index (χ1v) is 9.05. The lowest BCUT2D eigenvalue weighted by Crippen LogP contribution is -2.56. The molecule has 0 bridgehead atoms. The van der Waals surface area contributed by atoms with Crippen molar-refractivity contribution in [1.82, 2.24) is 5.32 Å². The largest absolute Gasteiger partial charge is 0.381 e. The molecule has 1 aliphatic rings.